The SMILES string of the molecule is CNC(=O)CNC(=O)c1[nH]c(C)c(C(=O)OC(C)C)c1C. The highest BCUT2D eigenvalue weighted by molar-refractivity contribution is 6.01. The Bertz CT molecular complexity index is 561. The average molecular weight is 295 g/mol. The van der Waals surface area contributed by atoms with Crippen LogP contribution in [-0.2, 0) is 9.53 Å². The zero-order valence-electron chi connectivity index (χ0n) is 12.9. The minimum atomic E-state index is -0.471. The predicted octanol–water partition coefficient (Wildman–Crippen LogP) is 0.673. The molecule has 0 aliphatic rings. The molecule has 1 aromatic rings. The molecule has 116 valence electrons. The Kier molecular flexibility index (Phi) is 5.52. The Morgan fingerprint density at radius 3 is 2.38 bits per heavy atom. The highest BCUT2D eigenvalue weighted by atomic mass is 16.5. The molecule has 0 aliphatic heterocycles. The second-order valence-electron chi connectivity index (χ2n) is 4.93. The fraction of sp³-hybridized carbons (Fsp3) is 0.500. The summed E-state index contributed by atoms with van der Waals surface area (Å²) in [5.74, 6) is -1.21. The number of rotatable bonds is 5. The van der Waals surface area contributed by atoms with Crippen molar-refractivity contribution >= 4 is 17.8 Å². The van der Waals surface area contributed by atoms with Crippen molar-refractivity contribution in [2.75, 3.05) is 13.6 Å². The molecule has 0 bridgehead atoms. The molecule has 7 heteroatoms. The lowest BCUT2D eigenvalue weighted by molar-refractivity contribution is -0.119. The van der Waals surface area contributed by atoms with E-state index in [4.69, 9.17) is 4.74 Å². The maximum absolute atomic E-state index is 12.0. The third-order valence-electron chi connectivity index (χ3n) is 2.90. The molecule has 2 amide bonds. The molecule has 0 saturated heterocycles. The molecule has 0 aliphatic carbocycles. The van der Waals surface area contributed by atoms with Gasteiger partial charge in [-0.2, -0.15) is 0 Å². The summed E-state index contributed by atoms with van der Waals surface area (Å²) in [5.41, 5.74) is 1.68. The quantitative estimate of drug-likeness (QED) is 0.695. The van der Waals surface area contributed by atoms with E-state index in [1.54, 1.807) is 27.7 Å². The molecule has 1 heterocycles. The van der Waals surface area contributed by atoms with Gasteiger partial charge in [0.05, 0.1) is 18.2 Å². The highest BCUT2D eigenvalue weighted by Gasteiger charge is 2.23. The van der Waals surface area contributed by atoms with E-state index >= 15 is 0 Å². The molecule has 0 atom stereocenters. The molecule has 0 spiro atoms. The molecular formula is C14H21N3O4. The van der Waals surface area contributed by atoms with Crippen LogP contribution in [0.5, 0.6) is 0 Å². The smallest absolute Gasteiger partial charge is 0.340 e. The van der Waals surface area contributed by atoms with E-state index < -0.39 is 11.9 Å². The monoisotopic (exact) mass is 295 g/mol. The van der Waals surface area contributed by atoms with E-state index in [9.17, 15) is 14.4 Å². The highest BCUT2D eigenvalue weighted by Crippen LogP contribution is 2.19. The number of aromatic amines is 1. The van der Waals surface area contributed by atoms with Crippen LogP contribution in [0.3, 0.4) is 0 Å². The number of hydrogen-bond donors (Lipinski definition) is 3. The standard InChI is InChI=1S/C14H21N3O4/c1-7(2)21-14(20)11-8(3)12(17-9(11)4)13(19)16-6-10(18)15-5/h7,17H,6H2,1-5H3,(H,15,18)(H,16,19). The van der Waals surface area contributed by atoms with Crippen LogP contribution in [0.25, 0.3) is 0 Å². The number of aromatic nitrogens is 1. The van der Waals surface area contributed by atoms with Crippen LogP contribution >= 0.6 is 0 Å². The summed E-state index contributed by atoms with van der Waals surface area (Å²) in [4.78, 5) is 38.0. The molecule has 0 aromatic carbocycles. The molecule has 0 unspecified atom stereocenters. The second kappa shape index (κ2) is 6.92. The van der Waals surface area contributed by atoms with Crippen LogP contribution in [0.4, 0.5) is 0 Å². The van der Waals surface area contributed by atoms with Gasteiger partial charge in [-0.1, -0.05) is 0 Å². The summed E-state index contributed by atoms with van der Waals surface area (Å²) in [5, 5.41) is 4.88. The molecule has 0 radical (unpaired) electrons. The van der Waals surface area contributed by atoms with Crippen molar-refractivity contribution in [1.82, 2.24) is 15.6 Å². The Labute approximate surface area is 123 Å². The summed E-state index contributed by atoms with van der Waals surface area (Å²) in [6.07, 6.45) is -0.239. The van der Waals surface area contributed by atoms with E-state index in [1.807, 2.05) is 0 Å². The fourth-order valence-corrected chi connectivity index (χ4v) is 1.89. The summed E-state index contributed by atoms with van der Waals surface area (Å²) in [7, 11) is 1.48. The number of hydrogen-bond acceptors (Lipinski definition) is 4. The number of esters is 1. The lowest BCUT2D eigenvalue weighted by atomic mass is 10.1. The number of carbonyl (C=O) groups excluding carboxylic acids is 3. The zero-order chi connectivity index (χ0) is 16.2. The van der Waals surface area contributed by atoms with Gasteiger partial charge in [0.25, 0.3) is 5.91 Å². The van der Waals surface area contributed by atoms with E-state index in [0.717, 1.165) is 0 Å². The zero-order valence-corrected chi connectivity index (χ0v) is 12.9. The van der Waals surface area contributed by atoms with Crippen molar-refractivity contribution in [1.29, 1.82) is 0 Å². The predicted molar refractivity (Wildman–Crippen MR) is 77.2 cm³/mol. The van der Waals surface area contributed by atoms with Gasteiger partial charge in [0.15, 0.2) is 0 Å². The van der Waals surface area contributed by atoms with Gasteiger partial charge in [-0.25, -0.2) is 4.79 Å². The average Bonchev–Trinajstić information content (AvgIpc) is 2.70. The third kappa shape index (κ3) is 4.08. The normalized spacial score (nSPS) is 10.4. The first-order chi connectivity index (χ1) is 9.77. The Morgan fingerprint density at radius 2 is 1.86 bits per heavy atom. The number of nitrogens with one attached hydrogen (secondary N) is 3. The summed E-state index contributed by atoms with van der Waals surface area (Å²) < 4.78 is 5.15. The van der Waals surface area contributed by atoms with Gasteiger partial charge in [-0.3, -0.25) is 9.59 Å². The maximum Gasteiger partial charge on any atom is 0.340 e. The van der Waals surface area contributed by atoms with Crippen LogP contribution in [0.2, 0.25) is 0 Å². The lowest BCUT2D eigenvalue weighted by Crippen LogP contribution is -2.35. The summed E-state index contributed by atoms with van der Waals surface area (Å²) >= 11 is 0. The van der Waals surface area contributed by atoms with Gasteiger partial charge < -0.3 is 20.4 Å². The number of ether oxygens (including phenoxy) is 1. The van der Waals surface area contributed by atoms with Gasteiger partial charge in [-0.05, 0) is 33.3 Å². The molecule has 0 fully saturated rings. The van der Waals surface area contributed by atoms with Crippen LogP contribution < -0.4 is 10.6 Å². The minimum Gasteiger partial charge on any atom is -0.459 e. The van der Waals surface area contributed by atoms with Crippen LogP contribution in [-0.4, -0.2) is 42.5 Å². The molecule has 1 aromatic heterocycles. The van der Waals surface area contributed by atoms with Crippen molar-refractivity contribution in [2.45, 2.75) is 33.8 Å². The van der Waals surface area contributed by atoms with Crippen LogP contribution in [0.15, 0.2) is 0 Å². The van der Waals surface area contributed by atoms with Crippen molar-refractivity contribution in [3.63, 3.8) is 0 Å². The van der Waals surface area contributed by atoms with E-state index in [2.05, 4.69) is 15.6 Å². The fourth-order valence-electron chi connectivity index (χ4n) is 1.89. The molecule has 21 heavy (non-hydrogen) atoms. The summed E-state index contributed by atoms with van der Waals surface area (Å²) in [6.45, 7) is 6.74. The Morgan fingerprint density at radius 1 is 1.24 bits per heavy atom. The number of H-pyrrole nitrogens is 1. The number of carbonyl (C=O) groups is 3. The summed E-state index contributed by atoms with van der Waals surface area (Å²) in [6, 6.07) is 0. The number of amides is 2. The Balaban J connectivity index is 2.93. The molecule has 0 saturated carbocycles. The third-order valence-corrected chi connectivity index (χ3v) is 2.90. The van der Waals surface area contributed by atoms with Gasteiger partial charge >= 0.3 is 5.97 Å². The molecule has 7 nitrogen and oxygen atoms in total. The van der Waals surface area contributed by atoms with Crippen molar-refractivity contribution < 1.29 is 19.1 Å². The largest absolute Gasteiger partial charge is 0.459 e. The van der Waals surface area contributed by atoms with E-state index in [0.29, 0.717) is 16.8 Å². The van der Waals surface area contributed by atoms with Crippen LogP contribution in [0.1, 0.15) is 46.0 Å². The first kappa shape index (κ1) is 16.7. The van der Waals surface area contributed by atoms with E-state index in [1.165, 1.54) is 7.05 Å². The van der Waals surface area contributed by atoms with Crippen molar-refractivity contribution in [3.8, 4) is 0 Å². The number of likely N-dealkylation sites (N-methyl/N-ethyl adjacent to an activating group) is 1. The maximum atomic E-state index is 12.0. The van der Waals surface area contributed by atoms with E-state index in [-0.39, 0.29) is 24.2 Å². The van der Waals surface area contributed by atoms with Gasteiger partial charge in [0.2, 0.25) is 5.91 Å². The molecular weight excluding hydrogens is 274 g/mol. The van der Waals surface area contributed by atoms with Crippen molar-refractivity contribution in [2.24, 2.45) is 0 Å². The Hall–Kier alpha value is -2.31. The van der Waals surface area contributed by atoms with Gasteiger partial charge in [-0.15, -0.1) is 0 Å². The molecule has 3 N–H and O–H groups in total. The minimum absolute atomic E-state index is 0.126. The van der Waals surface area contributed by atoms with Crippen molar-refractivity contribution in [3.05, 3.63) is 22.5 Å². The first-order valence-electron chi connectivity index (χ1n) is 6.66. The van der Waals surface area contributed by atoms with Gasteiger partial charge in [0.1, 0.15) is 5.69 Å². The molecule has 1 rings (SSSR count). The number of aryl methyl sites for hydroxylation is 1. The first-order valence-corrected chi connectivity index (χ1v) is 6.66. The van der Waals surface area contributed by atoms with Gasteiger partial charge in [0, 0.05) is 12.7 Å². The van der Waals surface area contributed by atoms with Crippen LogP contribution in [0, 0.1) is 13.8 Å². The topological polar surface area (TPSA) is 100 Å². The second-order valence-corrected chi connectivity index (χ2v) is 4.93. The lowest BCUT2D eigenvalue weighted by Gasteiger charge is -2.08.